The second-order valence-electron chi connectivity index (χ2n) is 7.36. The first-order chi connectivity index (χ1) is 13.2. The first-order valence-electron chi connectivity index (χ1n) is 9.72. The van der Waals surface area contributed by atoms with Gasteiger partial charge in [0.2, 0.25) is 0 Å². The number of aromatic nitrogens is 2. The zero-order chi connectivity index (χ0) is 18.7. The van der Waals surface area contributed by atoms with Crippen molar-refractivity contribution in [2.75, 3.05) is 31.1 Å². The van der Waals surface area contributed by atoms with Gasteiger partial charge in [0.1, 0.15) is 5.69 Å². The standard InChI is InChI=1S/C21H26N4O2/c1-2-25(17-6-4-3-5-7-17)18-14-21(27-16-18)8-12-24(13-9-21)20(26)19-15-22-10-11-23-19/h3-7,10-11,15,18H,2,8-9,12-14,16H2,1H3/t18-/m1/s1. The van der Waals surface area contributed by atoms with Crippen molar-refractivity contribution in [1.82, 2.24) is 14.9 Å². The maximum Gasteiger partial charge on any atom is 0.274 e. The molecule has 0 aliphatic carbocycles. The average molecular weight is 366 g/mol. The molecule has 0 radical (unpaired) electrons. The summed E-state index contributed by atoms with van der Waals surface area (Å²) in [7, 11) is 0. The first-order valence-corrected chi connectivity index (χ1v) is 9.72. The van der Waals surface area contributed by atoms with Crippen LogP contribution in [0, 0.1) is 0 Å². The predicted octanol–water partition coefficient (Wildman–Crippen LogP) is 2.77. The molecule has 0 saturated carbocycles. The van der Waals surface area contributed by atoms with Gasteiger partial charge < -0.3 is 14.5 Å². The van der Waals surface area contributed by atoms with Crippen LogP contribution in [-0.2, 0) is 4.74 Å². The minimum absolute atomic E-state index is 0.0352. The third kappa shape index (κ3) is 3.67. The van der Waals surface area contributed by atoms with Crippen molar-refractivity contribution < 1.29 is 9.53 Å². The minimum atomic E-state index is -0.105. The third-order valence-electron chi connectivity index (χ3n) is 5.80. The van der Waals surface area contributed by atoms with Gasteiger partial charge in [-0.25, -0.2) is 4.98 Å². The Labute approximate surface area is 160 Å². The molecule has 0 unspecified atom stereocenters. The van der Waals surface area contributed by atoms with Gasteiger partial charge in [-0.3, -0.25) is 9.78 Å². The Morgan fingerprint density at radius 2 is 2.04 bits per heavy atom. The first kappa shape index (κ1) is 17.9. The number of nitrogens with zero attached hydrogens (tertiary/aromatic N) is 4. The summed E-state index contributed by atoms with van der Waals surface area (Å²) in [6.45, 7) is 5.32. The molecule has 1 spiro atoms. The SMILES string of the molecule is CCN(c1ccccc1)[C@H]1COC2(CCN(C(=O)c3cnccn3)CC2)C1. The fourth-order valence-electron chi connectivity index (χ4n) is 4.33. The fourth-order valence-corrected chi connectivity index (χ4v) is 4.33. The highest BCUT2D eigenvalue weighted by atomic mass is 16.5. The lowest BCUT2D eigenvalue weighted by molar-refractivity contribution is -0.0389. The molecule has 1 atom stereocenters. The Balaban J connectivity index is 1.38. The second-order valence-corrected chi connectivity index (χ2v) is 7.36. The second kappa shape index (κ2) is 7.64. The molecule has 4 rings (SSSR count). The number of likely N-dealkylation sites (tertiary alicyclic amines) is 1. The van der Waals surface area contributed by atoms with Crippen molar-refractivity contribution in [1.29, 1.82) is 0 Å². The van der Waals surface area contributed by atoms with Crippen LogP contribution in [0.15, 0.2) is 48.9 Å². The number of likely N-dealkylation sites (N-methyl/N-ethyl adjacent to an activating group) is 1. The molecule has 27 heavy (non-hydrogen) atoms. The van der Waals surface area contributed by atoms with Crippen molar-refractivity contribution in [3.8, 4) is 0 Å². The van der Waals surface area contributed by atoms with Crippen LogP contribution < -0.4 is 4.90 Å². The Hall–Kier alpha value is -2.47. The van der Waals surface area contributed by atoms with E-state index in [0.29, 0.717) is 24.8 Å². The van der Waals surface area contributed by atoms with Crippen molar-refractivity contribution in [3.63, 3.8) is 0 Å². The van der Waals surface area contributed by atoms with E-state index >= 15 is 0 Å². The maximum absolute atomic E-state index is 12.6. The Kier molecular flexibility index (Phi) is 5.07. The summed E-state index contributed by atoms with van der Waals surface area (Å²) in [4.78, 5) is 25.0. The summed E-state index contributed by atoms with van der Waals surface area (Å²) in [6.07, 6.45) is 7.45. The number of hydrogen-bond acceptors (Lipinski definition) is 5. The molecule has 2 aliphatic rings. The van der Waals surface area contributed by atoms with Crippen LogP contribution in [0.1, 0.15) is 36.7 Å². The summed E-state index contributed by atoms with van der Waals surface area (Å²) in [5.41, 5.74) is 1.56. The number of piperidine rings is 1. The van der Waals surface area contributed by atoms with Crippen LogP contribution >= 0.6 is 0 Å². The van der Waals surface area contributed by atoms with E-state index in [-0.39, 0.29) is 11.5 Å². The lowest BCUT2D eigenvalue weighted by Gasteiger charge is -2.39. The average Bonchev–Trinajstić information content (AvgIpc) is 3.13. The van der Waals surface area contributed by atoms with Gasteiger partial charge in [-0.15, -0.1) is 0 Å². The molecule has 0 N–H and O–H groups in total. The van der Waals surface area contributed by atoms with Crippen molar-refractivity contribution >= 4 is 11.6 Å². The Morgan fingerprint density at radius 3 is 2.70 bits per heavy atom. The largest absolute Gasteiger partial charge is 0.373 e. The molecule has 1 aromatic heterocycles. The number of rotatable bonds is 4. The Bertz CT molecular complexity index is 760. The monoisotopic (exact) mass is 366 g/mol. The number of para-hydroxylation sites is 1. The molecule has 2 aliphatic heterocycles. The van der Waals surface area contributed by atoms with Crippen molar-refractivity contribution in [2.45, 2.75) is 37.8 Å². The minimum Gasteiger partial charge on any atom is -0.373 e. The van der Waals surface area contributed by atoms with Gasteiger partial charge in [0.25, 0.3) is 5.91 Å². The van der Waals surface area contributed by atoms with Crippen LogP contribution in [0.3, 0.4) is 0 Å². The normalized spacial score (nSPS) is 21.4. The van der Waals surface area contributed by atoms with E-state index in [9.17, 15) is 4.79 Å². The van der Waals surface area contributed by atoms with Gasteiger partial charge in [-0.1, -0.05) is 18.2 Å². The van der Waals surface area contributed by atoms with Gasteiger partial charge in [0, 0.05) is 37.7 Å². The highest BCUT2D eigenvalue weighted by Gasteiger charge is 2.45. The number of amides is 1. The Morgan fingerprint density at radius 1 is 1.26 bits per heavy atom. The number of benzene rings is 1. The maximum atomic E-state index is 12.6. The van der Waals surface area contributed by atoms with E-state index in [1.807, 2.05) is 11.0 Å². The summed E-state index contributed by atoms with van der Waals surface area (Å²) >= 11 is 0. The van der Waals surface area contributed by atoms with Gasteiger partial charge in [-0.2, -0.15) is 0 Å². The number of anilines is 1. The molecular weight excluding hydrogens is 340 g/mol. The molecule has 1 amide bonds. The van der Waals surface area contributed by atoms with E-state index in [1.54, 1.807) is 12.4 Å². The number of hydrogen-bond donors (Lipinski definition) is 0. The zero-order valence-electron chi connectivity index (χ0n) is 15.8. The fraction of sp³-hybridized carbons (Fsp3) is 0.476. The molecule has 2 fully saturated rings. The summed E-state index contributed by atoms with van der Waals surface area (Å²) in [5.74, 6) is -0.0352. The molecule has 2 saturated heterocycles. The van der Waals surface area contributed by atoms with Crippen LogP contribution in [0.5, 0.6) is 0 Å². The molecule has 0 bridgehead atoms. The number of ether oxygens (including phenoxy) is 1. The molecule has 6 nitrogen and oxygen atoms in total. The van der Waals surface area contributed by atoms with E-state index in [0.717, 1.165) is 32.4 Å². The predicted molar refractivity (Wildman–Crippen MR) is 104 cm³/mol. The zero-order valence-corrected chi connectivity index (χ0v) is 15.8. The number of carbonyl (C=O) groups is 1. The van der Waals surface area contributed by atoms with Gasteiger partial charge in [0.05, 0.1) is 24.4 Å². The van der Waals surface area contributed by atoms with Crippen molar-refractivity contribution in [3.05, 3.63) is 54.6 Å². The quantitative estimate of drug-likeness (QED) is 0.833. The van der Waals surface area contributed by atoms with E-state index in [1.165, 1.54) is 11.9 Å². The molecule has 3 heterocycles. The topological polar surface area (TPSA) is 58.6 Å². The van der Waals surface area contributed by atoms with Crippen molar-refractivity contribution in [2.24, 2.45) is 0 Å². The smallest absolute Gasteiger partial charge is 0.274 e. The summed E-state index contributed by atoms with van der Waals surface area (Å²) in [5, 5.41) is 0. The lowest BCUT2D eigenvalue weighted by Crippen LogP contribution is -2.47. The lowest BCUT2D eigenvalue weighted by atomic mass is 9.87. The van der Waals surface area contributed by atoms with E-state index in [2.05, 4.69) is 46.1 Å². The highest BCUT2D eigenvalue weighted by molar-refractivity contribution is 5.92. The van der Waals surface area contributed by atoms with E-state index < -0.39 is 0 Å². The molecular formula is C21H26N4O2. The van der Waals surface area contributed by atoms with Crippen LogP contribution in [-0.4, -0.2) is 58.7 Å². The summed E-state index contributed by atoms with van der Waals surface area (Å²) < 4.78 is 6.32. The van der Waals surface area contributed by atoms with E-state index in [4.69, 9.17) is 4.74 Å². The molecule has 142 valence electrons. The van der Waals surface area contributed by atoms with Crippen LogP contribution in [0.25, 0.3) is 0 Å². The molecule has 2 aromatic rings. The van der Waals surface area contributed by atoms with Crippen LogP contribution in [0.2, 0.25) is 0 Å². The third-order valence-corrected chi connectivity index (χ3v) is 5.80. The van der Waals surface area contributed by atoms with Gasteiger partial charge >= 0.3 is 0 Å². The van der Waals surface area contributed by atoms with Gasteiger partial charge in [0.15, 0.2) is 0 Å². The number of carbonyl (C=O) groups excluding carboxylic acids is 1. The highest BCUT2D eigenvalue weighted by Crippen LogP contribution is 2.38. The van der Waals surface area contributed by atoms with Gasteiger partial charge in [-0.05, 0) is 38.3 Å². The molecule has 1 aromatic carbocycles. The summed E-state index contributed by atoms with van der Waals surface area (Å²) in [6, 6.07) is 10.9. The van der Waals surface area contributed by atoms with Crippen LogP contribution in [0.4, 0.5) is 5.69 Å². The molecule has 6 heteroatoms.